The van der Waals surface area contributed by atoms with E-state index >= 15 is 0 Å². The lowest BCUT2D eigenvalue weighted by molar-refractivity contribution is -0.272. The van der Waals surface area contributed by atoms with Gasteiger partial charge in [0.15, 0.2) is 5.96 Å². The first-order valence-electron chi connectivity index (χ1n) is 10.4. The molecule has 1 aromatic heterocycles. The summed E-state index contributed by atoms with van der Waals surface area (Å²) in [6.45, 7) is 6.82. The van der Waals surface area contributed by atoms with Crippen molar-refractivity contribution in [1.82, 2.24) is 20.2 Å². The molecular weight excluding hydrogens is 383 g/mol. The average Bonchev–Trinajstić information content (AvgIpc) is 3.07. The molecule has 0 bridgehead atoms. The molecule has 0 saturated heterocycles. The van der Waals surface area contributed by atoms with Crippen LogP contribution in [0.4, 0.5) is 13.2 Å². The molecule has 1 unspecified atom stereocenters. The van der Waals surface area contributed by atoms with Gasteiger partial charge in [-0.05, 0) is 44.4 Å². The van der Waals surface area contributed by atoms with Crippen LogP contribution < -0.4 is 10.6 Å². The van der Waals surface area contributed by atoms with E-state index in [9.17, 15) is 18.3 Å². The predicted molar refractivity (Wildman–Crippen MR) is 107 cm³/mol. The molecule has 0 aliphatic heterocycles. The van der Waals surface area contributed by atoms with Gasteiger partial charge in [0.25, 0.3) is 0 Å². The first-order chi connectivity index (χ1) is 13.6. The van der Waals surface area contributed by atoms with Crippen LogP contribution in [0.1, 0.15) is 58.7 Å². The van der Waals surface area contributed by atoms with E-state index in [1.807, 2.05) is 6.92 Å². The van der Waals surface area contributed by atoms with Crippen LogP contribution >= 0.6 is 0 Å². The number of nitrogens with one attached hydrogen (secondary N) is 2. The second-order valence-corrected chi connectivity index (χ2v) is 8.23. The molecule has 3 N–H and O–H groups in total. The van der Waals surface area contributed by atoms with Gasteiger partial charge in [0.05, 0.1) is 0 Å². The lowest BCUT2D eigenvalue weighted by Gasteiger charge is -2.32. The minimum Gasteiger partial charge on any atom is -0.374 e. The molecule has 166 valence electrons. The molecule has 0 aromatic carbocycles. The Kier molecular flexibility index (Phi) is 7.96. The monoisotopic (exact) mass is 417 g/mol. The summed E-state index contributed by atoms with van der Waals surface area (Å²) in [5.41, 5.74) is -3.04. The Balaban J connectivity index is 2.03. The zero-order valence-corrected chi connectivity index (χ0v) is 17.8. The first-order valence-corrected chi connectivity index (χ1v) is 10.4. The number of aryl methyl sites for hydroxylation is 1. The molecule has 1 saturated carbocycles. The second kappa shape index (κ2) is 9.82. The molecule has 6 nitrogen and oxygen atoms in total. The molecule has 1 heterocycles. The lowest BCUT2D eigenvalue weighted by Crippen LogP contribution is -2.46. The number of nitrogens with zero attached hydrogens (tertiary/aromatic N) is 3. The number of alkyl halides is 3. The first kappa shape index (κ1) is 23.5. The van der Waals surface area contributed by atoms with E-state index in [-0.39, 0.29) is 12.6 Å². The van der Waals surface area contributed by atoms with Gasteiger partial charge in [-0.3, -0.25) is 4.99 Å². The minimum absolute atomic E-state index is 0.181. The number of hydrogen-bond donors (Lipinski definition) is 3. The van der Waals surface area contributed by atoms with Crippen molar-refractivity contribution in [2.24, 2.45) is 23.9 Å². The molecule has 29 heavy (non-hydrogen) atoms. The number of aliphatic imine (C=N–C) groups is 1. The standard InChI is InChI=1S/C20H34F3N5O/c1-5-24-18(27-16-8-6-15(7-9-16)14(2)3)26-11-10-19(29,20(21,22)23)17-25-12-13-28(17)4/h12-16,29H,5-11H2,1-4H3,(H2,24,26,27). The second-order valence-electron chi connectivity index (χ2n) is 8.23. The summed E-state index contributed by atoms with van der Waals surface area (Å²) < 4.78 is 42.0. The minimum atomic E-state index is -4.84. The smallest absolute Gasteiger partial charge is 0.374 e. The van der Waals surface area contributed by atoms with E-state index < -0.39 is 24.0 Å². The number of halogens is 3. The fraction of sp³-hybridized carbons (Fsp3) is 0.800. The zero-order chi connectivity index (χ0) is 21.7. The van der Waals surface area contributed by atoms with Gasteiger partial charge < -0.3 is 20.3 Å². The highest BCUT2D eigenvalue weighted by molar-refractivity contribution is 5.80. The van der Waals surface area contributed by atoms with E-state index in [1.54, 1.807) is 0 Å². The fourth-order valence-corrected chi connectivity index (χ4v) is 3.92. The quantitative estimate of drug-likeness (QED) is 0.470. The highest BCUT2D eigenvalue weighted by Gasteiger charge is 2.57. The van der Waals surface area contributed by atoms with Crippen LogP contribution in [-0.4, -0.2) is 45.9 Å². The number of rotatable bonds is 7. The van der Waals surface area contributed by atoms with Crippen molar-refractivity contribution < 1.29 is 18.3 Å². The Hall–Kier alpha value is -1.77. The van der Waals surface area contributed by atoms with Gasteiger partial charge in [-0.2, -0.15) is 13.2 Å². The third-order valence-corrected chi connectivity index (χ3v) is 5.80. The van der Waals surface area contributed by atoms with Crippen molar-refractivity contribution in [1.29, 1.82) is 0 Å². The highest BCUT2D eigenvalue weighted by atomic mass is 19.4. The highest BCUT2D eigenvalue weighted by Crippen LogP contribution is 2.40. The van der Waals surface area contributed by atoms with Crippen LogP contribution in [0.3, 0.4) is 0 Å². The molecule has 1 aromatic rings. The molecule has 0 spiro atoms. The lowest BCUT2D eigenvalue weighted by atomic mass is 9.80. The van der Waals surface area contributed by atoms with E-state index in [1.165, 1.54) is 24.0 Å². The largest absolute Gasteiger partial charge is 0.424 e. The maximum Gasteiger partial charge on any atom is 0.424 e. The summed E-state index contributed by atoms with van der Waals surface area (Å²) in [6, 6.07) is 0.263. The zero-order valence-electron chi connectivity index (χ0n) is 17.8. The van der Waals surface area contributed by atoms with Crippen molar-refractivity contribution >= 4 is 5.96 Å². The number of hydrogen-bond acceptors (Lipinski definition) is 3. The third-order valence-electron chi connectivity index (χ3n) is 5.80. The normalized spacial score (nSPS) is 23.1. The summed E-state index contributed by atoms with van der Waals surface area (Å²) in [5, 5.41) is 16.8. The Morgan fingerprint density at radius 1 is 1.31 bits per heavy atom. The summed E-state index contributed by atoms with van der Waals surface area (Å²) in [4.78, 5) is 8.01. The maximum absolute atomic E-state index is 13.6. The van der Waals surface area contributed by atoms with Crippen molar-refractivity contribution in [2.45, 2.75) is 70.7 Å². The molecule has 1 aliphatic carbocycles. The molecule has 1 atom stereocenters. The molecule has 2 rings (SSSR count). The number of aliphatic hydroxyl groups is 1. The fourth-order valence-electron chi connectivity index (χ4n) is 3.92. The topological polar surface area (TPSA) is 74.5 Å². The van der Waals surface area contributed by atoms with Crippen LogP contribution in [0, 0.1) is 11.8 Å². The van der Waals surface area contributed by atoms with Gasteiger partial charge in [0.2, 0.25) is 5.60 Å². The summed E-state index contributed by atoms with van der Waals surface area (Å²) >= 11 is 0. The molecule has 1 fully saturated rings. The third kappa shape index (κ3) is 5.87. The predicted octanol–water partition coefficient (Wildman–Crippen LogP) is 3.33. The van der Waals surface area contributed by atoms with Crippen LogP contribution in [0.15, 0.2) is 17.4 Å². The van der Waals surface area contributed by atoms with Gasteiger partial charge >= 0.3 is 6.18 Å². The van der Waals surface area contributed by atoms with Crippen LogP contribution in [-0.2, 0) is 12.6 Å². The summed E-state index contributed by atoms with van der Waals surface area (Å²) in [6.07, 6.45) is 1.51. The summed E-state index contributed by atoms with van der Waals surface area (Å²) in [5.74, 6) is 1.46. The number of aromatic nitrogens is 2. The van der Waals surface area contributed by atoms with Crippen LogP contribution in [0.5, 0.6) is 0 Å². The van der Waals surface area contributed by atoms with Gasteiger partial charge in [-0.15, -0.1) is 0 Å². The van der Waals surface area contributed by atoms with Crippen LogP contribution in [0.2, 0.25) is 0 Å². The molecule has 0 amide bonds. The average molecular weight is 418 g/mol. The van der Waals surface area contributed by atoms with Gasteiger partial charge in [0.1, 0.15) is 5.82 Å². The van der Waals surface area contributed by atoms with E-state index in [0.29, 0.717) is 18.4 Å². The van der Waals surface area contributed by atoms with Crippen molar-refractivity contribution in [3.05, 3.63) is 18.2 Å². The maximum atomic E-state index is 13.6. The number of imidazole rings is 1. The molecule has 0 radical (unpaired) electrons. The van der Waals surface area contributed by atoms with Gasteiger partial charge in [-0.25, -0.2) is 4.98 Å². The van der Waals surface area contributed by atoms with E-state index in [4.69, 9.17) is 0 Å². The van der Waals surface area contributed by atoms with E-state index in [0.717, 1.165) is 31.6 Å². The van der Waals surface area contributed by atoms with Crippen molar-refractivity contribution in [3.8, 4) is 0 Å². The summed E-state index contributed by atoms with van der Waals surface area (Å²) in [7, 11) is 1.43. The van der Waals surface area contributed by atoms with Gasteiger partial charge in [-0.1, -0.05) is 13.8 Å². The van der Waals surface area contributed by atoms with E-state index in [2.05, 4.69) is 34.5 Å². The van der Waals surface area contributed by atoms with Crippen molar-refractivity contribution in [2.75, 3.05) is 13.1 Å². The van der Waals surface area contributed by atoms with Gasteiger partial charge in [0, 0.05) is 45.0 Å². The Bertz CT molecular complexity index is 665. The number of guanidine groups is 1. The van der Waals surface area contributed by atoms with Crippen LogP contribution in [0.25, 0.3) is 0 Å². The molecule has 9 heteroatoms. The Morgan fingerprint density at radius 3 is 2.45 bits per heavy atom. The Labute approximate surface area is 171 Å². The SMILES string of the molecule is CCNC(=NCCC(O)(c1nccn1C)C(F)(F)F)NC1CCC(C(C)C)CC1. The molecule has 1 aliphatic rings. The Morgan fingerprint density at radius 2 is 1.97 bits per heavy atom. The molecular formula is C20H34F3N5O. The van der Waals surface area contributed by atoms with Crippen molar-refractivity contribution in [3.63, 3.8) is 0 Å².